The van der Waals surface area contributed by atoms with E-state index in [2.05, 4.69) is 0 Å². The molecule has 3 nitrogen and oxygen atoms in total. The van der Waals surface area contributed by atoms with Gasteiger partial charge in [-0.05, 0) is 49.9 Å². The Morgan fingerprint density at radius 3 is 2.74 bits per heavy atom. The van der Waals surface area contributed by atoms with Crippen LogP contribution in [-0.2, 0) is 10.3 Å². The summed E-state index contributed by atoms with van der Waals surface area (Å²) in [4.78, 5) is 0. The van der Waals surface area contributed by atoms with Gasteiger partial charge in [-0.1, -0.05) is 0 Å². The van der Waals surface area contributed by atoms with Crippen LogP contribution in [0.5, 0.6) is 0 Å². The highest BCUT2D eigenvalue weighted by molar-refractivity contribution is 5.78. The highest BCUT2D eigenvalue weighted by Gasteiger charge is 2.37. The number of furan rings is 1. The van der Waals surface area contributed by atoms with E-state index < -0.39 is 5.60 Å². The summed E-state index contributed by atoms with van der Waals surface area (Å²) < 4.78 is 24.1. The van der Waals surface area contributed by atoms with Crippen molar-refractivity contribution in [2.45, 2.75) is 37.4 Å². The molecule has 4 heteroatoms. The summed E-state index contributed by atoms with van der Waals surface area (Å²) in [6, 6.07) is 6.12. The number of hydrogen-bond donors (Lipinski definition) is 1. The molecule has 0 bridgehead atoms. The number of rotatable bonds is 2. The van der Waals surface area contributed by atoms with Crippen LogP contribution in [0, 0.1) is 5.82 Å². The topological polar surface area (TPSA) is 42.6 Å². The number of ether oxygens (including phenoxy) is 1. The zero-order valence-electron chi connectivity index (χ0n) is 10.9. The maximum absolute atomic E-state index is 13.2. The Hall–Kier alpha value is -1.39. The van der Waals surface area contributed by atoms with Gasteiger partial charge in [0.25, 0.3) is 0 Å². The van der Waals surface area contributed by atoms with E-state index in [1.807, 2.05) is 0 Å². The van der Waals surface area contributed by atoms with E-state index in [-0.39, 0.29) is 11.9 Å². The second-order valence-electron chi connectivity index (χ2n) is 5.26. The zero-order chi connectivity index (χ0) is 13.5. The molecule has 1 fully saturated rings. The number of halogens is 1. The van der Waals surface area contributed by atoms with Crippen molar-refractivity contribution in [1.29, 1.82) is 0 Å². The third-order valence-electron chi connectivity index (χ3n) is 4.03. The number of benzene rings is 1. The molecule has 102 valence electrons. The summed E-state index contributed by atoms with van der Waals surface area (Å²) in [5, 5.41) is 11.4. The summed E-state index contributed by atoms with van der Waals surface area (Å²) in [6.45, 7) is 0. The molecule has 0 aliphatic heterocycles. The van der Waals surface area contributed by atoms with Gasteiger partial charge in [0.15, 0.2) is 0 Å². The molecular weight excluding hydrogens is 247 g/mol. The van der Waals surface area contributed by atoms with Gasteiger partial charge in [0.1, 0.15) is 22.8 Å². The Balaban J connectivity index is 1.91. The molecule has 0 radical (unpaired) electrons. The predicted molar refractivity (Wildman–Crippen MR) is 69.3 cm³/mol. The second-order valence-corrected chi connectivity index (χ2v) is 5.26. The molecule has 0 atom stereocenters. The predicted octanol–water partition coefficient (Wildman–Crippen LogP) is 3.35. The standard InChI is InChI=1S/C15H17FO3/c1-18-12-4-6-15(17,7-5-12)14-9-10-8-11(16)2-3-13(10)19-14/h2-3,8-9,12,17H,4-7H2,1H3. The SMILES string of the molecule is COC1CCC(O)(c2cc3cc(F)ccc3o2)CC1. The molecular formula is C15H17FO3. The molecule has 1 aliphatic carbocycles. The normalized spacial score (nSPS) is 27.8. The lowest BCUT2D eigenvalue weighted by Gasteiger charge is -2.33. The number of fused-ring (bicyclic) bond motifs is 1. The van der Waals surface area contributed by atoms with E-state index in [1.54, 1.807) is 19.2 Å². The van der Waals surface area contributed by atoms with Crippen molar-refractivity contribution in [3.05, 3.63) is 35.8 Å². The van der Waals surface area contributed by atoms with Gasteiger partial charge in [0, 0.05) is 12.5 Å². The fourth-order valence-electron chi connectivity index (χ4n) is 2.79. The quantitative estimate of drug-likeness (QED) is 0.904. The van der Waals surface area contributed by atoms with Crippen molar-refractivity contribution < 1.29 is 18.7 Å². The van der Waals surface area contributed by atoms with E-state index in [9.17, 15) is 9.50 Å². The summed E-state index contributed by atoms with van der Waals surface area (Å²) in [5.41, 5.74) is -0.344. The fourth-order valence-corrected chi connectivity index (χ4v) is 2.79. The van der Waals surface area contributed by atoms with Gasteiger partial charge < -0.3 is 14.3 Å². The maximum Gasteiger partial charge on any atom is 0.136 e. The first-order valence-corrected chi connectivity index (χ1v) is 6.55. The number of hydrogen-bond acceptors (Lipinski definition) is 3. The van der Waals surface area contributed by atoms with Crippen LogP contribution in [0.3, 0.4) is 0 Å². The highest BCUT2D eigenvalue weighted by atomic mass is 19.1. The lowest BCUT2D eigenvalue weighted by molar-refractivity contribution is -0.0592. The lowest BCUT2D eigenvalue weighted by Crippen LogP contribution is -2.33. The molecule has 1 aromatic heterocycles. The Labute approximate surface area is 111 Å². The molecule has 3 rings (SSSR count). The summed E-state index contributed by atoms with van der Waals surface area (Å²) >= 11 is 0. The van der Waals surface area contributed by atoms with Crippen LogP contribution in [0.4, 0.5) is 4.39 Å². The average molecular weight is 264 g/mol. The lowest BCUT2D eigenvalue weighted by atomic mass is 9.81. The van der Waals surface area contributed by atoms with Gasteiger partial charge in [0.2, 0.25) is 0 Å². The van der Waals surface area contributed by atoms with Crippen LogP contribution in [0.25, 0.3) is 11.0 Å². The average Bonchev–Trinajstić information content (AvgIpc) is 2.83. The van der Waals surface area contributed by atoms with E-state index in [0.29, 0.717) is 29.6 Å². The van der Waals surface area contributed by atoms with Crippen LogP contribution >= 0.6 is 0 Å². The molecule has 0 amide bonds. The third-order valence-corrected chi connectivity index (χ3v) is 4.03. The zero-order valence-corrected chi connectivity index (χ0v) is 10.9. The molecule has 0 unspecified atom stereocenters. The fraction of sp³-hybridized carbons (Fsp3) is 0.467. The second kappa shape index (κ2) is 4.62. The molecule has 1 heterocycles. The number of aliphatic hydroxyl groups is 1. The molecule has 2 aromatic rings. The Morgan fingerprint density at radius 2 is 2.05 bits per heavy atom. The van der Waals surface area contributed by atoms with Crippen molar-refractivity contribution in [2.24, 2.45) is 0 Å². The maximum atomic E-state index is 13.2. The minimum Gasteiger partial charge on any atom is -0.458 e. The first-order chi connectivity index (χ1) is 9.10. The first-order valence-electron chi connectivity index (χ1n) is 6.55. The van der Waals surface area contributed by atoms with E-state index >= 15 is 0 Å². The van der Waals surface area contributed by atoms with Crippen LogP contribution in [0.2, 0.25) is 0 Å². The first kappa shape index (κ1) is 12.6. The highest BCUT2D eigenvalue weighted by Crippen LogP contribution is 2.40. The van der Waals surface area contributed by atoms with Crippen LogP contribution < -0.4 is 0 Å². The Morgan fingerprint density at radius 1 is 1.32 bits per heavy atom. The van der Waals surface area contributed by atoms with E-state index in [1.165, 1.54) is 12.1 Å². The van der Waals surface area contributed by atoms with E-state index in [4.69, 9.17) is 9.15 Å². The summed E-state index contributed by atoms with van der Waals surface area (Å²) in [6.07, 6.45) is 3.03. The van der Waals surface area contributed by atoms with Gasteiger partial charge in [-0.3, -0.25) is 0 Å². The molecule has 0 spiro atoms. The van der Waals surface area contributed by atoms with Crippen molar-refractivity contribution >= 4 is 11.0 Å². The largest absolute Gasteiger partial charge is 0.458 e. The summed E-state index contributed by atoms with van der Waals surface area (Å²) in [7, 11) is 1.69. The smallest absolute Gasteiger partial charge is 0.136 e. The van der Waals surface area contributed by atoms with Crippen LogP contribution in [-0.4, -0.2) is 18.3 Å². The molecule has 1 N–H and O–H groups in total. The Bertz CT molecular complexity index is 582. The molecule has 1 saturated carbocycles. The van der Waals surface area contributed by atoms with Gasteiger partial charge in [-0.2, -0.15) is 0 Å². The molecule has 19 heavy (non-hydrogen) atoms. The third kappa shape index (κ3) is 2.26. The van der Waals surface area contributed by atoms with Crippen molar-refractivity contribution in [3.8, 4) is 0 Å². The molecule has 1 aliphatic rings. The van der Waals surface area contributed by atoms with Gasteiger partial charge in [-0.15, -0.1) is 0 Å². The monoisotopic (exact) mass is 264 g/mol. The van der Waals surface area contributed by atoms with E-state index in [0.717, 1.165) is 12.8 Å². The molecule has 0 saturated heterocycles. The minimum atomic E-state index is -0.954. The minimum absolute atomic E-state index is 0.210. The molecule has 1 aromatic carbocycles. The van der Waals surface area contributed by atoms with Gasteiger partial charge in [-0.25, -0.2) is 4.39 Å². The van der Waals surface area contributed by atoms with Gasteiger partial charge >= 0.3 is 0 Å². The van der Waals surface area contributed by atoms with Crippen molar-refractivity contribution in [2.75, 3.05) is 7.11 Å². The van der Waals surface area contributed by atoms with Crippen LogP contribution in [0.15, 0.2) is 28.7 Å². The van der Waals surface area contributed by atoms with Crippen molar-refractivity contribution in [3.63, 3.8) is 0 Å². The van der Waals surface area contributed by atoms with Gasteiger partial charge in [0.05, 0.1) is 6.10 Å². The summed E-state index contributed by atoms with van der Waals surface area (Å²) in [5.74, 6) is 0.234. The Kier molecular flexibility index (Phi) is 3.07. The van der Waals surface area contributed by atoms with Crippen molar-refractivity contribution in [1.82, 2.24) is 0 Å². The number of methoxy groups -OCH3 is 1. The van der Waals surface area contributed by atoms with Crippen LogP contribution in [0.1, 0.15) is 31.4 Å².